The Morgan fingerprint density at radius 1 is 1.16 bits per heavy atom. The first-order valence-electron chi connectivity index (χ1n) is 5.75. The van der Waals surface area contributed by atoms with Crippen LogP contribution in [0.5, 0.6) is 5.75 Å². The van der Waals surface area contributed by atoms with Crippen molar-refractivity contribution in [3.8, 4) is 11.4 Å². The van der Waals surface area contributed by atoms with Crippen molar-refractivity contribution in [2.75, 3.05) is 7.11 Å². The van der Waals surface area contributed by atoms with E-state index >= 15 is 0 Å². The number of para-hydroxylation sites is 2. The lowest BCUT2D eigenvalue weighted by Gasteiger charge is -2.06. The number of aromatic amines is 1. The van der Waals surface area contributed by atoms with Crippen LogP contribution in [0.2, 0.25) is 0 Å². The molecule has 1 heterocycles. The van der Waals surface area contributed by atoms with E-state index in [9.17, 15) is 4.79 Å². The molecule has 4 nitrogen and oxygen atoms in total. The molecule has 3 aromatic rings. The van der Waals surface area contributed by atoms with Crippen molar-refractivity contribution in [2.24, 2.45) is 0 Å². The summed E-state index contributed by atoms with van der Waals surface area (Å²) in [5, 5.41) is 0. The molecule has 0 aliphatic carbocycles. The van der Waals surface area contributed by atoms with Crippen LogP contribution < -0.4 is 10.4 Å². The molecule has 0 bridgehead atoms. The van der Waals surface area contributed by atoms with Crippen molar-refractivity contribution in [1.29, 1.82) is 0 Å². The van der Waals surface area contributed by atoms with Crippen LogP contribution in [-0.2, 0) is 0 Å². The average Bonchev–Trinajstić information content (AvgIpc) is 2.75. The molecule has 0 fully saturated rings. The molecule has 0 atom stereocenters. The van der Waals surface area contributed by atoms with Gasteiger partial charge in [0.1, 0.15) is 11.3 Å². The van der Waals surface area contributed by atoms with Gasteiger partial charge in [-0.25, -0.2) is 4.79 Å². The summed E-state index contributed by atoms with van der Waals surface area (Å²) in [6.07, 6.45) is 0. The maximum absolute atomic E-state index is 12.2. The van der Waals surface area contributed by atoms with Gasteiger partial charge in [-0.2, -0.15) is 0 Å². The molecule has 0 unspecified atom stereocenters. The summed E-state index contributed by atoms with van der Waals surface area (Å²) in [6, 6.07) is 13.2. The van der Waals surface area contributed by atoms with E-state index in [2.05, 4.69) is 20.9 Å². The van der Waals surface area contributed by atoms with E-state index in [1.165, 1.54) is 0 Å². The Kier molecular flexibility index (Phi) is 2.91. The number of hydrogen-bond donors (Lipinski definition) is 1. The van der Waals surface area contributed by atoms with Gasteiger partial charge in [0.15, 0.2) is 0 Å². The Morgan fingerprint density at radius 3 is 2.68 bits per heavy atom. The summed E-state index contributed by atoms with van der Waals surface area (Å²) < 4.78 is 7.76. The molecule has 0 amide bonds. The van der Waals surface area contributed by atoms with Crippen LogP contribution in [0.15, 0.2) is 51.7 Å². The number of methoxy groups -OCH3 is 1. The van der Waals surface area contributed by atoms with Gasteiger partial charge in [0.05, 0.1) is 18.3 Å². The zero-order valence-corrected chi connectivity index (χ0v) is 11.8. The highest BCUT2D eigenvalue weighted by Crippen LogP contribution is 2.27. The molecule has 96 valence electrons. The summed E-state index contributed by atoms with van der Waals surface area (Å²) in [6.45, 7) is 0. The molecule has 1 N–H and O–H groups in total. The van der Waals surface area contributed by atoms with E-state index in [0.717, 1.165) is 15.7 Å². The number of rotatable bonds is 2. The molecule has 19 heavy (non-hydrogen) atoms. The first-order chi connectivity index (χ1) is 9.22. The van der Waals surface area contributed by atoms with Gasteiger partial charge in [-0.1, -0.05) is 18.2 Å². The van der Waals surface area contributed by atoms with Gasteiger partial charge in [0, 0.05) is 4.47 Å². The number of imidazole rings is 1. The van der Waals surface area contributed by atoms with Crippen molar-refractivity contribution in [3.63, 3.8) is 0 Å². The highest BCUT2D eigenvalue weighted by atomic mass is 79.9. The minimum atomic E-state index is -0.189. The quantitative estimate of drug-likeness (QED) is 0.789. The third-order valence-electron chi connectivity index (χ3n) is 2.99. The maximum Gasteiger partial charge on any atom is 0.331 e. The number of nitrogens with one attached hydrogen (secondary N) is 1. The average molecular weight is 319 g/mol. The van der Waals surface area contributed by atoms with Crippen LogP contribution in [0, 0.1) is 0 Å². The van der Waals surface area contributed by atoms with Crippen LogP contribution in [0.1, 0.15) is 0 Å². The van der Waals surface area contributed by atoms with Crippen LogP contribution in [-0.4, -0.2) is 16.7 Å². The van der Waals surface area contributed by atoms with E-state index < -0.39 is 0 Å². The Morgan fingerprint density at radius 2 is 1.95 bits per heavy atom. The Hall–Kier alpha value is -2.01. The van der Waals surface area contributed by atoms with E-state index in [1.807, 2.05) is 42.5 Å². The van der Waals surface area contributed by atoms with Crippen molar-refractivity contribution in [3.05, 3.63) is 57.4 Å². The van der Waals surface area contributed by atoms with E-state index in [0.29, 0.717) is 11.3 Å². The van der Waals surface area contributed by atoms with Gasteiger partial charge < -0.3 is 9.72 Å². The molecule has 0 saturated carbocycles. The van der Waals surface area contributed by atoms with Gasteiger partial charge in [-0.05, 0) is 40.2 Å². The Bertz CT molecular complexity index is 805. The third-order valence-corrected chi connectivity index (χ3v) is 3.66. The fourth-order valence-corrected chi connectivity index (χ4v) is 2.61. The second kappa shape index (κ2) is 4.59. The first kappa shape index (κ1) is 12.0. The van der Waals surface area contributed by atoms with Gasteiger partial charge in [-0.3, -0.25) is 4.57 Å². The van der Waals surface area contributed by atoms with Gasteiger partial charge in [0.2, 0.25) is 0 Å². The van der Waals surface area contributed by atoms with Crippen molar-refractivity contribution >= 4 is 27.0 Å². The topological polar surface area (TPSA) is 47.0 Å². The number of H-pyrrole nitrogens is 1. The number of ether oxygens (including phenoxy) is 1. The number of aromatic nitrogens is 2. The lowest BCUT2D eigenvalue weighted by Crippen LogP contribution is -2.14. The number of nitrogens with zero attached hydrogens (tertiary/aromatic N) is 1. The van der Waals surface area contributed by atoms with E-state index in [1.54, 1.807) is 11.7 Å². The predicted octanol–water partition coefficient (Wildman–Crippen LogP) is 3.09. The van der Waals surface area contributed by atoms with Gasteiger partial charge in [-0.15, -0.1) is 0 Å². The Labute approximate surface area is 117 Å². The van der Waals surface area contributed by atoms with E-state index in [-0.39, 0.29) is 5.69 Å². The largest absolute Gasteiger partial charge is 0.494 e. The highest BCUT2D eigenvalue weighted by Gasteiger charge is 2.13. The first-order valence-corrected chi connectivity index (χ1v) is 6.54. The second-order valence-corrected chi connectivity index (χ2v) is 4.93. The predicted molar refractivity (Wildman–Crippen MR) is 78.1 cm³/mol. The summed E-state index contributed by atoms with van der Waals surface area (Å²) in [7, 11) is 1.59. The molecule has 0 radical (unpaired) electrons. The van der Waals surface area contributed by atoms with Crippen LogP contribution >= 0.6 is 15.9 Å². The molecular formula is C14H11BrN2O2. The molecular weight excluding hydrogens is 308 g/mol. The monoisotopic (exact) mass is 318 g/mol. The standard InChI is InChI=1S/C14H11BrN2O2/c1-19-12-8-4-7-11-13(12)16-14(18)17(11)10-6-3-2-5-9(10)15/h2-8H,1H3,(H,16,18). The number of fused-ring (bicyclic) bond motifs is 1. The summed E-state index contributed by atoms with van der Waals surface area (Å²) in [4.78, 5) is 15.0. The SMILES string of the molecule is COc1cccc2c1[nH]c(=O)n2-c1ccccc1Br. The van der Waals surface area contributed by atoms with Crippen molar-refractivity contribution < 1.29 is 4.74 Å². The molecule has 1 aromatic heterocycles. The summed E-state index contributed by atoms with van der Waals surface area (Å²) in [5.74, 6) is 0.653. The lowest BCUT2D eigenvalue weighted by molar-refractivity contribution is 0.419. The second-order valence-electron chi connectivity index (χ2n) is 4.07. The molecule has 0 spiro atoms. The van der Waals surface area contributed by atoms with Crippen molar-refractivity contribution in [2.45, 2.75) is 0 Å². The maximum atomic E-state index is 12.2. The Balaban J connectivity index is 2.40. The molecule has 0 aliphatic rings. The smallest absolute Gasteiger partial charge is 0.331 e. The molecule has 2 aromatic carbocycles. The minimum Gasteiger partial charge on any atom is -0.494 e. The molecule has 0 saturated heterocycles. The third kappa shape index (κ3) is 1.86. The fourth-order valence-electron chi connectivity index (χ4n) is 2.15. The van der Waals surface area contributed by atoms with E-state index in [4.69, 9.17) is 4.74 Å². The van der Waals surface area contributed by atoms with Gasteiger partial charge >= 0.3 is 5.69 Å². The number of hydrogen-bond acceptors (Lipinski definition) is 2. The number of halogens is 1. The minimum absolute atomic E-state index is 0.189. The van der Waals surface area contributed by atoms with Crippen LogP contribution in [0.4, 0.5) is 0 Å². The van der Waals surface area contributed by atoms with Gasteiger partial charge in [0.25, 0.3) is 0 Å². The van der Waals surface area contributed by atoms with Crippen molar-refractivity contribution in [1.82, 2.24) is 9.55 Å². The molecule has 3 rings (SSSR count). The zero-order valence-electron chi connectivity index (χ0n) is 10.2. The summed E-state index contributed by atoms with van der Waals surface area (Å²) in [5.41, 5.74) is 2.10. The molecule has 5 heteroatoms. The zero-order chi connectivity index (χ0) is 13.4. The summed E-state index contributed by atoms with van der Waals surface area (Å²) >= 11 is 3.47. The highest BCUT2D eigenvalue weighted by molar-refractivity contribution is 9.10. The fraction of sp³-hybridized carbons (Fsp3) is 0.0714. The molecule has 0 aliphatic heterocycles. The van der Waals surface area contributed by atoms with Crippen LogP contribution in [0.25, 0.3) is 16.7 Å². The normalized spacial score (nSPS) is 10.8. The lowest BCUT2D eigenvalue weighted by atomic mass is 10.2. The van der Waals surface area contributed by atoms with Crippen LogP contribution in [0.3, 0.4) is 0 Å². The number of benzene rings is 2.